The standard InChI is InChI=1S/C18H18F3N3O6S/c1-24(17(26)14-9-13(31(22,27)28)7-8-15(14)29-2)10-16(25)23-11-3-5-12(6-4-11)30-18(19,20)21/h3-9H,10H2,1-2H3,(H,23,25)(H2,22,27,28). The van der Waals surface area contributed by atoms with Crippen LogP contribution in [0.1, 0.15) is 10.4 Å². The van der Waals surface area contributed by atoms with Crippen LogP contribution in [0, 0.1) is 0 Å². The number of carbonyl (C=O) groups excluding carboxylic acids is 2. The van der Waals surface area contributed by atoms with Crippen molar-refractivity contribution in [2.45, 2.75) is 11.3 Å². The number of hydrogen-bond acceptors (Lipinski definition) is 6. The lowest BCUT2D eigenvalue weighted by Crippen LogP contribution is -2.35. The molecule has 2 aromatic carbocycles. The minimum atomic E-state index is -4.84. The number of sulfonamides is 1. The third kappa shape index (κ3) is 6.86. The van der Waals surface area contributed by atoms with Gasteiger partial charge in [0.05, 0.1) is 24.1 Å². The summed E-state index contributed by atoms with van der Waals surface area (Å²) in [6.07, 6.45) is -4.84. The number of nitrogens with one attached hydrogen (secondary N) is 1. The molecular formula is C18H18F3N3O6S. The fourth-order valence-corrected chi connectivity index (χ4v) is 3.00. The molecule has 0 saturated carbocycles. The number of benzene rings is 2. The van der Waals surface area contributed by atoms with Gasteiger partial charge in [0, 0.05) is 12.7 Å². The third-order valence-corrected chi connectivity index (χ3v) is 4.74. The average Bonchev–Trinajstić information content (AvgIpc) is 2.66. The number of methoxy groups -OCH3 is 1. The number of alkyl halides is 3. The summed E-state index contributed by atoms with van der Waals surface area (Å²) in [7, 11) is -1.50. The molecule has 168 valence electrons. The summed E-state index contributed by atoms with van der Waals surface area (Å²) in [5, 5.41) is 7.49. The van der Waals surface area contributed by atoms with Gasteiger partial charge in [0.15, 0.2) is 0 Å². The molecule has 0 fully saturated rings. The van der Waals surface area contributed by atoms with E-state index in [1.54, 1.807) is 0 Å². The maximum atomic E-state index is 12.7. The number of nitrogens with zero attached hydrogens (tertiary/aromatic N) is 1. The molecule has 9 nitrogen and oxygen atoms in total. The summed E-state index contributed by atoms with van der Waals surface area (Å²) in [6.45, 7) is -0.442. The number of nitrogens with two attached hydrogens (primary N) is 1. The number of hydrogen-bond donors (Lipinski definition) is 2. The van der Waals surface area contributed by atoms with Crippen LogP contribution in [0.5, 0.6) is 11.5 Å². The highest BCUT2D eigenvalue weighted by atomic mass is 32.2. The molecule has 0 radical (unpaired) electrons. The van der Waals surface area contributed by atoms with Gasteiger partial charge in [0.2, 0.25) is 15.9 Å². The van der Waals surface area contributed by atoms with Crippen molar-refractivity contribution in [3.05, 3.63) is 48.0 Å². The van der Waals surface area contributed by atoms with Crippen molar-refractivity contribution in [3.63, 3.8) is 0 Å². The van der Waals surface area contributed by atoms with Crippen LogP contribution < -0.4 is 19.9 Å². The van der Waals surface area contributed by atoms with Crippen LogP contribution >= 0.6 is 0 Å². The first-order valence-electron chi connectivity index (χ1n) is 8.42. The van der Waals surface area contributed by atoms with E-state index in [4.69, 9.17) is 9.88 Å². The lowest BCUT2D eigenvalue weighted by atomic mass is 10.1. The van der Waals surface area contributed by atoms with Crippen LogP contribution in [0.2, 0.25) is 0 Å². The van der Waals surface area contributed by atoms with E-state index in [0.717, 1.165) is 23.1 Å². The molecule has 0 atom stereocenters. The van der Waals surface area contributed by atoms with Crippen molar-refractivity contribution >= 4 is 27.5 Å². The molecular weight excluding hydrogens is 443 g/mol. The first-order valence-corrected chi connectivity index (χ1v) is 9.97. The Hall–Kier alpha value is -3.32. The van der Waals surface area contributed by atoms with Crippen LogP contribution in [-0.2, 0) is 14.8 Å². The fourth-order valence-electron chi connectivity index (χ4n) is 2.46. The molecule has 0 aromatic heterocycles. The average molecular weight is 461 g/mol. The zero-order valence-corrected chi connectivity index (χ0v) is 17.1. The predicted octanol–water partition coefficient (Wildman–Crippen LogP) is 1.95. The summed E-state index contributed by atoms with van der Waals surface area (Å²) in [5.74, 6) is -1.75. The normalized spacial score (nSPS) is 11.5. The van der Waals surface area contributed by atoms with Crippen LogP contribution in [0.4, 0.5) is 18.9 Å². The number of halogens is 3. The van der Waals surface area contributed by atoms with Crippen molar-refractivity contribution < 1.29 is 40.7 Å². The molecule has 0 bridgehead atoms. The van der Waals surface area contributed by atoms with E-state index in [0.29, 0.717) is 0 Å². The molecule has 0 aliphatic carbocycles. The Morgan fingerprint density at radius 2 is 1.74 bits per heavy atom. The van der Waals surface area contributed by atoms with E-state index >= 15 is 0 Å². The Balaban J connectivity index is 2.08. The Bertz CT molecular complexity index is 1070. The molecule has 0 aliphatic rings. The summed E-state index contributed by atoms with van der Waals surface area (Å²) in [5.41, 5.74) is 0.0483. The topological polar surface area (TPSA) is 128 Å². The number of ether oxygens (including phenoxy) is 2. The SMILES string of the molecule is COc1ccc(S(N)(=O)=O)cc1C(=O)N(C)CC(=O)Nc1ccc(OC(F)(F)F)cc1. The van der Waals surface area contributed by atoms with Gasteiger partial charge in [-0.25, -0.2) is 13.6 Å². The van der Waals surface area contributed by atoms with Gasteiger partial charge in [-0.15, -0.1) is 13.2 Å². The number of primary sulfonamides is 1. The van der Waals surface area contributed by atoms with Gasteiger partial charge < -0.3 is 19.7 Å². The number of amides is 2. The van der Waals surface area contributed by atoms with E-state index in [-0.39, 0.29) is 21.9 Å². The number of likely N-dealkylation sites (N-methyl/N-ethyl adjacent to an activating group) is 1. The van der Waals surface area contributed by atoms with Gasteiger partial charge in [-0.05, 0) is 42.5 Å². The number of carbonyl (C=O) groups is 2. The Labute approximate surface area is 175 Å². The third-order valence-electron chi connectivity index (χ3n) is 3.83. The Kier molecular flexibility index (Phi) is 7.13. The molecule has 2 amide bonds. The maximum absolute atomic E-state index is 12.7. The Morgan fingerprint density at radius 1 is 1.13 bits per heavy atom. The lowest BCUT2D eigenvalue weighted by Gasteiger charge is -2.19. The van der Waals surface area contributed by atoms with Crippen LogP contribution in [0.3, 0.4) is 0 Å². The molecule has 3 N–H and O–H groups in total. The van der Waals surface area contributed by atoms with E-state index in [2.05, 4.69) is 10.1 Å². The lowest BCUT2D eigenvalue weighted by molar-refractivity contribution is -0.274. The predicted molar refractivity (Wildman–Crippen MR) is 103 cm³/mol. The van der Waals surface area contributed by atoms with Crippen LogP contribution in [-0.4, -0.2) is 52.2 Å². The molecule has 13 heteroatoms. The smallest absolute Gasteiger partial charge is 0.496 e. The second-order valence-corrected chi connectivity index (χ2v) is 7.75. The molecule has 0 saturated heterocycles. The number of anilines is 1. The molecule has 2 rings (SSSR count). The van der Waals surface area contributed by atoms with E-state index in [1.807, 2.05) is 0 Å². The van der Waals surface area contributed by atoms with Gasteiger partial charge in [-0.3, -0.25) is 9.59 Å². The number of rotatable bonds is 7. The van der Waals surface area contributed by atoms with Crippen molar-refractivity contribution in [3.8, 4) is 11.5 Å². The van der Waals surface area contributed by atoms with Crippen molar-refractivity contribution in [1.29, 1.82) is 0 Å². The van der Waals surface area contributed by atoms with E-state index in [9.17, 15) is 31.2 Å². The second-order valence-electron chi connectivity index (χ2n) is 6.19. The highest BCUT2D eigenvalue weighted by Crippen LogP contribution is 2.25. The molecule has 0 heterocycles. The van der Waals surface area contributed by atoms with E-state index < -0.39 is 40.5 Å². The van der Waals surface area contributed by atoms with Crippen LogP contribution in [0.25, 0.3) is 0 Å². The maximum Gasteiger partial charge on any atom is 0.573 e. The second kappa shape index (κ2) is 9.22. The van der Waals surface area contributed by atoms with Gasteiger partial charge in [-0.1, -0.05) is 0 Å². The van der Waals surface area contributed by atoms with Gasteiger partial charge >= 0.3 is 6.36 Å². The van der Waals surface area contributed by atoms with Gasteiger partial charge in [0.25, 0.3) is 5.91 Å². The molecule has 0 aliphatic heterocycles. The first-order chi connectivity index (χ1) is 14.3. The molecule has 31 heavy (non-hydrogen) atoms. The largest absolute Gasteiger partial charge is 0.573 e. The quantitative estimate of drug-likeness (QED) is 0.649. The van der Waals surface area contributed by atoms with Crippen LogP contribution in [0.15, 0.2) is 47.4 Å². The molecule has 0 spiro atoms. The van der Waals surface area contributed by atoms with Gasteiger partial charge in [0.1, 0.15) is 11.5 Å². The zero-order valence-electron chi connectivity index (χ0n) is 16.3. The zero-order chi connectivity index (χ0) is 23.4. The monoisotopic (exact) mass is 461 g/mol. The highest BCUT2D eigenvalue weighted by Gasteiger charge is 2.31. The summed E-state index contributed by atoms with van der Waals surface area (Å²) in [4.78, 5) is 25.6. The minimum Gasteiger partial charge on any atom is -0.496 e. The fraction of sp³-hybridized carbons (Fsp3) is 0.222. The minimum absolute atomic E-state index is 0.0740. The summed E-state index contributed by atoms with van der Waals surface area (Å²) >= 11 is 0. The van der Waals surface area contributed by atoms with Crippen molar-refractivity contribution in [1.82, 2.24) is 4.90 Å². The van der Waals surface area contributed by atoms with Crippen molar-refractivity contribution in [2.75, 3.05) is 26.0 Å². The van der Waals surface area contributed by atoms with E-state index in [1.165, 1.54) is 38.4 Å². The van der Waals surface area contributed by atoms with Crippen molar-refractivity contribution in [2.24, 2.45) is 5.14 Å². The molecule has 0 unspecified atom stereocenters. The highest BCUT2D eigenvalue weighted by molar-refractivity contribution is 7.89. The summed E-state index contributed by atoms with van der Waals surface area (Å²) in [6, 6.07) is 7.88. The first kappa shape index (κ1) is 24.0. The summed E-state index contributed by atoms with van der Waals surface area (Å²) < 4.78 is 68.4. The van der Waals surface area contributed by atoms with Gasteiger partial charge in [-0.2, -0.15) is 0 Å². The Morgan fingerprint density at radius 3 is 2.26 bits per heavy atom. The molecule has 2 aromatic rings.